The van der Waals surface area contributed by atoms with Crippen molar-refractivity contribution in [2.45, 2.75) is 102 Å². The molecule has 1 aliphatic carbocycles. The summed E-state index contributed by atoms with van der Waals surface area (Å²) in [5.74, 6) is 1.11. The lowest BCUT2D eigenvalue weighted by Crippen LogP contribution is -2.68. The van der Waals surface area contributed by atoms with Crippen LogP contribution in [0.15, 0.2) is 48.1 Å². The molecule has 1 spiro atoms. The minimum atomic E-state index is -0.268. The second-order valence-corrected chi connectivity index (χ2v) is 12.3. The summed E-state index contributed by atoms with van der Waals surface area (Å²) in [5.41, 5.74) is 1.70. The fourth-order valence-electron chi connectivity index (χ4n) is 8.25. The quantitative estimate of drug-likeness (QED) is 0.394. The number of aliphatic hydroxyl groups is 1. The third-order valence-corrected chi connectivity index (χ3v) is 9.96. The van der Waals surface area contributed by atoms with Crippen LogP contribution in [0.2, 0.25) is 0 Å². The summed E-state index contributed by atoms with van der Waals surface area (Å²) in [6.45, 7) is 5.96. The predicted octanol–water partition coefficient (Wildman–Crippen LogP) is 6.66. The summed E-state index contributed by atoms with van der Waals surface area (Å²) < 4.78 is 0. The molecule has 0 aromatic rings. The standard InChI is InChI=1S/C32H50N2O/c35-31-27-19-15-11-7-3-6-10-14-18-22-34-26-32-20-16-12-8-4-1-2-5-9-13-17-21-33(25-32)24-28(31)29(32)23-30(27)34/h3,6-7,10-11,14,19,28-31,35H,1-2,4-5,8-9,12-13,15-18,20-26H2/b6-3-,11-7-,14-10-,27-19+/t28-,29-,30-,31+,32-/m0/s1. The summed E-state index contributed by atoms with van der Waals surface area (Å²) >= 11 is 0. The molecule has 5 rings (SSSR count). The van der Waals surface area contributed by atoms with E-state index in [1.165, 1.54) is 102 Å². The summed E-state index contributed by atoms with van der Waals surface area (Å²) in [4.78, 5) is 5.60. The van der Waals surface area contributed by atoms with Gasteiger partial charge in [-0.25, -0.2) is 0 Å². The molecule has 0 aromatic carbocycles. The third kappa shape index (κ3) is 6.05. The van der Waals surface area contributed by atoms with Crippen molar-refractivity contribution in [2.75, 3.05) is 32.7 Å². The van der Waals surface area contributed by atoms with Crippen LogP contribution in [0, 0.1) is 17.3 Å². The van der Waals surface area contributed by atoms with Gasteiger partial charge in [-0.2, -0.15) is 0 Å². The maximum Gasteiger partial charge on any atom is 0.0808 e. The molecule has 0 aromatic heterocycles. The summed E-state index contributed by atoms with van der Waals surface area (Å²) in [7, 11) is 0. The van der Waals surface area contributed by atoms with Gasteiger partial charge in [0, 0.05) is 38.1 Å². The average molecular weight is 479 g/mol. The van der Waals surface area contributed by atoms with E-state index in [0.717, 1.165) is 25.9 Å². The molecule has 0 amide bonds. The molecule has 5 aliphatic rings. The molecule has 4 fully saturated rings. The minimum Gasteiger partial charge on any atom is -0.388 e. The number of aliphatic hydroxyl groups excluding tert-OH is 1. The zero-order valence-corrected chi connectivity index (χ0v) is 22.1. The van der Waals surface area contributed by atoms with Crippen LogP contribution < -0.4 is 0 Å². The van der Waals surface area contributed by atoms with Crippen LogP contribution in [0.3, 0.4) is 0 Å². The van der Waals surface area contributed by atoms with Gasteiger partial charge in [0.1, 0.15) is 0 Å². The molecule has 3 nitrogen and oxygen atoms in total. The molecule has 1 saturated carbocycles. The van der Waals surface area contributed by atoms with E-state index in [-0.39, 0.29) is 6.10 Å². The normalized spacial score (nSPS) is 44.0. The lowest BCUT2D eigenvalue weighted by molar-refractivity contribution is -0.140. The molecule has 1 unspecified atom stereocenters. The largest absolute Gasteiger partial charge is 0.388 e. The van der Waals surface area contributed by atoms with Crippen LogP contribution >= 0.6 is 0 Å². The Morgan fingerprint density at radius 2 is 1.49 bits per heavy atom. The van der Waals surface area contributed by atoms with E-state index < -0.39 is 0 Å². The third-order valence-electron chi connectivity index (χ3n) is 9.96. The van der Waals surface area contributed by atoms with Crippen molar-refractivity contribution < 1.29 is 5.11 Å². The zero-order chi connectivity index (χ0) is 23.9. The molecule has 194 valence electrons. The van der Waals surface area contributed by atoms with E-state index in [0.29, 0.717) is 23.3 Å². The minimum absolute atomic E-state index is 0.268. The molecule has 4 aliphatic heterocycles. The van der Waals surface area contributed by atoms with Crippen LogP contribution in [0.5, 0.6) is 0 Å². The predicted molar refractivity (Wildman–Crippen MR) is 147 cm³/mol. The smallest absolute Gasteiger partial charge is 0.0808 e. The molecule has 4 heterocycles. The SMILES string of the molecule is O[C@@H]1/C2=C/C\C=C/C=C\C=C/CCN3C[C@@]45CCCCCCCCCCCCN(C[C@H]1[C@@H]4C[C@@H]23)C5. The Morgan fingerprint density at radius 1 is 0.771 bits per heavy atom. The van der Waals surface area contributed by atoms with Crippen LogP contribution in [-0.2, 0) is 0 Å². The van der Waals surface area contributed by atoms with Gasteiger partial charge < -0.3 is 10.0 Å². The fraction of sp³-hybridized carbons (Fsp3) is 0.750. The van der Waals surface area contributed by atoms with Crippen molar-refractivity contribution in [1.29, 1.82) is 0 Å². The molecule has 3 heteroatoms. The van der Waals surface area contributed by atoms with Gasteiger partial charge in [0.25, 0.3) is 0 Å². The molecular weight excluding hydrogens is 428 g/mol. The Kier molecular flexibility index (Phi) is 9.02. The first-order valence-electron chi connectivity index (χ1n) is 15.1. The number of nitrogens with zero attached hydrogens (tertiary/aromatic N) is 2. The van der Waals surface area contributed by atoms with Crippen LogP contribution in [0.1, 0.15) is 89.9 Å². The highest BCUT2D eigenvalue weighted by Crippen LogP contribution is 2.55. The topological polar surface area (TPSA) is 26.7 Å². The molecule has 4 bridgehead atoms. The van der Waals surface area contributed by atoms with Gasteiger partial charge in [0.2, 0.25) is 0 Å². The number of rotatable bonds is 0. The highest BCUT2D eigenvalue weighted by Gasteiger charge is 2.58. The first-order valence-corrected chi connectivity index (χ1v) is 15.1. The first kappa shape index (κ1) is 25.5. The second-order valence-electron chi connectivity index (χ2n) is 12.3. The van der Waals surface area contributed by atoms with Crippen molar-refractivity contribution in [1.82, 2.24) is 9.80 Å². The number of piperidine rings is 2. The molecular formula is C32H50N2O. The average Bonchev–Trinajstić information content (AvgIpc) is 2.87. The summed E-state index contributed by atoms with van der Waals surface area (Å²) in [6, 6.07) is 0.440. The molecule has 6 atom stereocenters. The first-order chi connectivity index (χ1) is 17.3. The van der Waals surface area contributed by atoms with E-state index in [2.05, 4.69) is 52.3 Å². The summed E-state index contributed by atoms with van der Waals surface area (Å²) in [5, 5.41) is 11.9. The fourth-order valence-corrected chi connectivity index (χ4v) is 8.25. The lowest BCUT2D eigenvalue weighted by atomic mass is 9.54. The zero-order valence-electron chi connectivity index (χ0n) is 22.1. The highest BCUT2D eigenvalue weighted by molar-refractivity contribution is 5.28. The van der Waals surface area contributed by atoms with E-state index in [1.54, 1.807) is 0 Å². The van der Waals surface area contributed by atoms with Crippen molar-refractivity contribution in [2.24, 2.45) is 17.3 Å². The van der Waals surface area contributed by atoms with Crippen LogP contribution in [0.4, 0.5) is 0 Å². The van der Waals surface area contributed by atoms with Gasteiger partial charge in [-0.15, -0.1) is 0 Å². The van der Waals surface area contributed by atoms with Crippen LogP contribution in [0.25, 0.3) is 0 Å². The van der Waals surface area contributed by atoms with Gasteiger partial charge in [-0.05, 0) is 55.6 Å². The van der Waals surface area contributed by atoms with Crippen molar-refractivity contribution in [3.05, 3.63) is 48.1 Å². The number of hydrogen-bond donors (Lipinski definition) is 1. The molecule has 1 N–H and O–H groups in total. The van der Waals surface area contributed by atoms with Crippen LogP contribution in [-0.4, -0.2) is 59.8 Å². The van der Waals surface area contributed by atoms with Gasteiger partial charge >= 0.3 is 0 Å². The maximum absolute atomic E-state index is 11.9. The molecule has 35 heavy (non-hydrogen) atoms. The van der Waals surface area contributed by atoms with E-state index in [4.69, 9.17) is 0 Å². The Balaban J connectivity index is 1.44. The van der Waals surface area contributed by atoms with Gasteiger partial charge in [0.15, 0.2) is 0 Å². The van der Waals surface area contributed by atoms with Crippen molar-refractivity contribution in [3.8, 4) is 0 Å². The van der Waals surface area contributed by atoms with E-state index in [9.17, 15) is 5.11 Å². The van der Waals surface area contributed by atoms with E-state index >= 15 is 0 Å². The lowest BCUT2D eigenvalue weighted by Gasteiger charge is -2.63. The summed E-state index contributed by atoms with van der Waals surface area (Å²) in [6.07, 6.45) is 34.1. The van der Waals surface area contributed by atoms with Crippen molar-refractivity contribution in [3.63, 3.8) is 0 Å². The van der Waals surface area contributed by atoms with Gasteiger partial charge in [-0.3, -0.25) is 4.90 Å². The Bertz CT molecular complexity index is 797. The Labute approximate surface area is 215 Å². The molecule has 3 saturated heterocycles. The van der Waals surface area contributed by atoms with E-state index in [1.807, 2.05) is 0 Å². The number of fused-ring (bicyclic) bond motifs is 1. The van der Waals surface area contributed by atoms with Gasteiger partial charge in [-0.1, -0.05) is 100 Å². The van der Waals surface area contributed by atoms with Crippen molar-refractivity contribution >= 4 is 0 Å². The molecule has 0 radical (unpaired) electrons. The maximum atomic E-state index is 11.9. The Hall–Kier alpha value is -1.16. The number of hydrogen-bond acceptors (Lipinski definition) is 3. The number of allylic oxidation sites excluding steroid dienone is 6. The highest BCUT2D eigenvalue weighted by atomic mass is 16.3. The van der Waals surface area contributed by atoms with Gasteiger partial charge in [0.05, 0.1) is 6.10 Å². The monoisotopic (exact) mass is 478 g/mol. The second kappa shape index (κ2) is 12.4. The Morgan fingerprint density at radius 3 is 2.29 bits per heavy atom.